The third-order valence-corrected chi connectivity index (χ3v) is 7.44. The molecule has 0 radical (unpaired) electrons. The molecule has 0 fully saturated rings. The van der Waals surface area contributed by atoms with E-state index in [0.717, 1.165) is 22.4 Å². The summed E-state index contributed by atoms with van der Waals surface area (Å²) in [6.45, 7) is 6.34. The van der Waals surface area contributed by atoms with Crippen LogP contribution in [0.4, 0.5) is 0 Å². The van der Waals surface area contributed by atoms with Crippen molar-refractivity contribution < 1.29 is 23.1 Å². The maximum Gasteiger partial charge on any atom is 0.335 e. The van der Waals surface area contributed by atoms with Crippen LogP contribution in [-0.2, 0) is 16.6 Å². The highest BCUT2D eigenvalue weighted by Gasteiger charge is 2.32. The fourth-order valence-corrected chi connectivity index (χ4v) is 5.51. The lowest BCUT2D eigenvalue weighted by molar-refractivity contribution is 0.0696. The average Bonchev–Trinajstić information content (AvgIpc) is 2.81. The molecule has 0 spiro atoms. The summed E-state index contributed by atoms with van der Waals surface area (Å²) in [7, 11) is -3.84. The molecule has 174 valence electrons. The van der Waals surface area contributed by atoms with Gasteiger partial charge in [0.25, 0.3) is 0 Å². The molecule has 3 rings (SSSR count). The third kappa shape index (κ3) is 5.61. The Morgan fingerprint density at radius 2 is 1.67 bits per heavy atom. The van der Waals surface area contributed by atoms with E-state index in [2.05, 4.69) is 0 Å². The largest absolute Gasteiger partial charge is 0.494 e. The Morgan fingerprint density at radius 1 is 1.00 bits per heavy atom. The van der Waals surface area contributed by atoms with Gasteiger partial charge in [-0.25, -0.2) is 13.2 Å². The van der Waals surface area contributed by atoms with E-state index >= 15 is 0 Å². The number of benzene rings is 3. The van der Waals surface area contributed by atoms with E-state index in [1.807, 2.05) is 38.1 Å². The number of rotatable bonds is 10. The number of aromatic carboxylic acids is 1. The van der Waals surface area contributed by atoms with Gasteiger partial charge < -0.3 is 9.84 Å². The number of ether oxygens (including phenoxy) is 1. The molecular formula is C26H29NO5S. The van der Waals surface area contributed by atoms with Gasteiger partial charge in [-0.15, -0.1) is 0 Å². The molecule has 1 unspecified atom stereocenters. The third-order valence-electron chi connectivity index (χ3n) is 5.58. The van der Waals surface area contributed by atoms with Crippen molar-refractivity contribution in [1.82, 2.24) is 4.31 Å². The standard InChI is InChI=1S/C26H29NO5S/c1-4-25(20-13-15-23(16-14-20)32-5-2)27(33(30,31)24-9-7-6-8-10-24)18-22-12-11-21(26(28)29)17-19(22)3/h6-17,25H,4-5,18H2,1-3H3,(H,28,29). The van der Waals surface area contributed by atoms with Crippen LogP contribution in [-0.4, -0.2) is 30.4 Å². The quantitative estimate of drug-likeness (QED) is 0.430. The maximum atomic E-state index is 13.8. The first kappa shape index (κ1) is 24.5. The number of carboxylic acids is 1. The normalized spacial score (nSPS) is 12.5. The summed E-state index contributed by atoms with van der Waals surface area (Å²) in [4.78, 5) is 11.5. The molecule has 0 saturated heterocycles. The van der Waals surface area contributed by atoms with Crippen LogP contribution in [0.5, 0.6) is 5.75 Å². The Labute approximate surface area is 195 Å². The van der Waals surface area contributed by atoms with Gasteiger partial charge in [0.15, 0.2) is 0 Å². The number of hydrogen-bond acceptors (Lipinski definition) is 4. The van der Waals surface area contributed by atoms with Gasteiger partial charge in [-0.2, -0.15) is 4.31 Å². The van der Waals surface area contributed by atoms with E-state index in [0.29, 0.717) is 13.0 Å². The molecule has 0 heterocycles. The van der Waals surface area contributed by atoms with Crippen molar-refractivity contribution in [3.05, 3.63) is 95.1 Å². The molecular weight excluding hydrogens is 438 g/mol. The van der Waals surface area contributed by atoms with E-state index < -0.39 is 22.0 Å². The Hall–Kier alpha value is -3.16. The predicted octanol–water partition coefficient (Wildman–Crippen LogP) is 5.43. The molecule has 0 amide bonds. The molecule has 0 aliphatic carbocycles. The van der Waals surface area contributed by atoms with Crippen LogP contribution in [0.15, 0.2) is 77.7 Å². The molecule has 3 aromatic carbocycles. The van der Waals surface area contributed by atoms with Crippen LogP contribution in [0.25, 0.3) is 0 Å². The van der Waals surface area contributed by atoms with Crippen LogP contribution < -0.4 is 4.74 Å². The SMILES string of the molecule is CCOc1ccc(C(CC)N(Cc2ccc(C(=O)O)cc2C)S(=O)(=O)c2ccccc2)cc1. The van der Waals surface area contributed by atoms with Crippen LogP contribution in [0.2, 0.25) is 0 Å². The molecule has 3 aromatic rings. The van der Waals surface area contributed by atoms with Crippen molar-refractivity contribution in [1.29, 1.82) is 0 Å². The molecule has 0 aromatic heterocycles. The van der Waals surface area contributed by atoms with Crippen molar-refractivity contribution in [2.75, 3.05) is 6.61 Å². The van der Waals surface area contributed by atoms with Crippen molar-refractivity contribution in [3.8, 4) is 5.75 Å². The molecule has 6 nitrogen and oxygen atoms in total. The first-order valence-electron chi connectivity index (χ1n) is 10.9. The summed E-state index contributed by atoms with van der Waals surface area (Å²) in [6.07, 6.45) is 0.562. The summed E-state index contributed by atoms with van der Waals surface area (Å²) in [6, 6.07) is 20.2. The molecule has 0 saturated carbocycles. The van der Waals surface area contributed by atoms with Gasteiger partial charge in [0.2, 0.25) is 10.0 Å². The Balaban J connectivity index is 2.07. The zero-order chi connectivity index (χ0) is 24.0. The summed E-state index contributed by atoms with van der Waals surface area (Å²) in [5.41, 5.74) is 2.51. The maximum absolute atomic E-state index is 13.8. The van der Waals surface area contributed by atoms with Gasteiger partial charge in [-0.3, -0.25) is 0 Å². The van der Waals surface area contributed by atoms with Crippen LogP contribution in [0.1, 0.15) is 53.4 Å². The lowest BCUT2D eigenvalue weighted by Gasteiger charge is -2.31. The second kappa shape index (κ2) is 10.6. The first-order valence-corrected chi connectivity index (χ1v) is 12.3. The van der Waals surface area contributed by atoms with E-state index in [1.165, 1.54) is 10.4 Å². The number of carboxylic acid groups (broad SMARTS) is 1. The molecule has 0 aliphatic rings. The summed E-state index contributed by atoms with van der Waals surface area (Å²) in [5, 5.41) is 9.28. The lowest BCUT2D eigenvalue weighted by Crippen LogP contribution is -2.34. The fraction of sp³-hybridized carbons (Fsp3) is 0.269. The fourth-order valence-electron chi connectivity index (χ4n) is 3.82. The zero-order valence-electron chi connectivity index (χ0n) is 19.1. The average molecular weight is 468 g/mol. The van der Waals surface area contributed by atoms with E-state index in [4.69, 9.17) is 4.74 Å². The van der Waals surface area contributed by atoms with E-state index in [-0.39, 0.29) is 17.0 Å². The topological polar surface area (TPSA) is 83.9 Å². The number of carbonyl (C=O) groups is 1. The molecule has 0 bridgehead atoms. The number of hydrogen-bond donors (Lipinski definition) is 1. The predicted molar refractivity (Wildman–Crippen MR) is 128 cm³/mol. The van der Waals surface area contributed by atoms with Gasteiger partial charge in [0, 0.05) is 6.54 Å². The van der Waals surface area contributed by atoms with Gasteiger partial charge in [0.05, 0.1) is 23.1 Å². The summed E-state index contributed by atoms with van der Waals surface area (Å²) in [5.74, 6) is -0.284. The minimum Gasteiger partial charge on any atom is -0.494 e. The second-order valence-electron chi connectivity index (χ2n) is 7.74. The highest BCUT2D eigenvalue weighted by molar-refractivity contribution is 7.89. The van der Waals surface area contributed by atoms with E-state index in [9.17, 15) is 18.3 Å². The van der Waals surface area contributed by atoms with Gasteiger partial charge in [-0.1, -0.05) is 43.3 Å². The minimum atomic E-state index is -3.84. The summed E-state index contributed by atoms with van der Waals surface area (Å²) < 4.78 is 34.6. The van der Waals surface area contributed by atoms with Crippen molar-refractivity contribution in [3.63, 3.8) is 0 Å². The number of sulfonamides is 1. The molecule has 7 heteroatoms. The van der Waals surface area contributed by atoms with Crippen molar-refractivity contribution in [2.24, 2.45) is 0 Å². The molecule has 1 N–H and O–H groups in total. The van der Waals surface area contributed by atoms with Gasteiger partial charge in [-0.05, 0) is 73.4 Å². The Morgan fingerprint density at radius 3 is 2.21 bits per heavy atom. The minimum absolute atomic E-state index is 0.120. The highest BCUT2D eigenvalue weighted by atomic mass is 32.2. The van der Waals surface area contributed by atoms with Crippen LogP contribution in [0.3, 0.4) is 0 Å². The number of aryl methyl sites for hydroxylation is 1. The van der Waals surface area contributed by atoms with Crippen molar-refractivity contribution in [2.45, 2.75) is 44.7 Å². The van der Waals surface area contributed by atoms with Crippen molar-refractivity contribution >= 4 is 16.0 Å². The Kier molecular flexibility index (Phi) is 7.89. The smallest absolute Gasteiger partial charge is 0.335 e. The monoisotopic (exact) mass is 467 g/mol. The van der Waals surface area contributed by atoms with Gasteiger partial charge in [0.1, 0.15) is 5.75 Å². The molecule has 1 atom stereocenters. The molecule has 33 heavy (non-hydrogen) atoms. The Bertz CT molecular complexity index is 1190. The lowest BCUT2D eigenvalue weighted by atomic mass is 10.0. The van der Waals surface area contributed by atoms with Gasteiger partial charge >= 0.3 is 5.97 Å². The number of nitrogens with zero attached hydrogens (tertiary/aromatic N) is 1. The van der Waals surface area contributed by atoms with Crippen LogP contribution in [0, 0.1) is 6.92 Å². The first-order chi connectivity index (χ1) is 15.8. The molecule has 0 aliphatic heterocycles. The summed E-state index contributed by atoms with van der Waals surface area (Å²) >= 11 is 0. The second-order valence-corrected chi connectivity index (χ2v) is 9.63. The highest BCUT2D eigenvalue weighted by Crippen LogP contribution is 2.33. The van der Waals surface area contributed by atoms with Crippen LogP contribution >= 0.6 is 0 Å². The zero-order valence-corrected chi connectivity index (χ0v) is 19.9. The van der Waals surface area contributed by atoms with E-state index in [1.54, 1.807) is 49.4 Å².